The van der Waals surface area contributed by atoms with E-state index in [0.717, 1.165) is 0 Å². The van der Waals surface area contributed by atoms with E-state index in [2.05, 4.69) is 4.99 Å². The van der Waals surface area contributed by atoms with Gasteiger partial charge in [-0.1, -0.05) is 41.1 Å². The van der Waals surface area contributed by atoms with Crippen LogP contribution in [0.25, 0.3) is 6.08 Å². The first-order chi connectivity index (χ1) is 19.6. The topological polar surface area (TPSA) is 105 Å². The number of carbonyl (C=O) groups excluding carboxylic acids is 2. The fraction of sp³-hybridized carbons (Fsp3) is 0.333. The largest absolute Gasteiger partial charge is 0.490 e. The lowest BCUT2D eigenvalue weighted by Gasteiger charge is -2.25. The number of halogens is 1. The Balaban J connectivity index is 1.79. The van der Waals surface area contributed by atoms with Crippen LogP contribution in [0, 0.1) is 0 Å². The summed E-state index contributed by atoms with van der Waals surface area (Å²) in [6, 6.07) is 11.4. The van der Waals surface area contributed by atoms with E-state index in [9.17, 15) is 14.4 Å². The molecule has 11 heteroatoms. The number of benzene rings is 2. The van der Waals surface area contributed by atoms with Crippen molar-refractivity contribution < 1.29 is 28.5 Å². The van der Waals surface area contributed by atoms with Crippen LogP contribution in [0.5, 0.6) is 11.5 Å². The van der Waals surface area contributed by atoms with Gasteiger partial charge in [0.05, 0.1) is 41.2 Å². The molecule has 1 aliphatic heterocycles. The molecule has 9 nitrogen and oxygen atoms in total. The van der Waals surface area contributed by atoms with Gasteiger partial charge in [0.2, 0.25) is 0 Å². The highest BCUT2D eigenvalue weighted by atomic mass is 35.5. The van der Waals surface area contributed by atoms with E-state index in [-0.39, 0.29) is 24.9 Å². The molecule has 0 saturated carbocycles. The maximum Gasteiger partial charge on any atom is 0.344 e. The number of ether oxygens (including phenoxy) is 4. The summed E-state index contributed by atoms with van der Waals surface area (Å²) >= 11 is 7.35. The summed E-state index contributed by atoms with van der Waals surface area (Å²) in [7, 11) is 0. The van der Waals surface area contributed by atoms with E-state index in [1.54, 1.807) is 76.2 Å². The molecular weight excluding hydrogens is 568 g/mol. The minimum Gasteiger partial charge on any atom is -0.490 e. The Morgan fingerprint density at radius 3 is 2.46 bits per heavy atom. The molecule has 3 aromatic rings. The van der Waals surface area contributed by atoms with Crippen molar-refractivity contribution in [2.24, 2.45) is 4.99 Å². The molecule has 2 aromatic carbocycles. The van der Waals surface area contributed by atoms with Gasteiger partial charge in [-0.2, -0.15) is 0 Å². The highest BCUT2D eigenvalue weighted by Gasteiger charge is 2.33. The van der Waals surface area contributed by atoms with Gasteiger partial charge in [-0.3, -0.25) is 9.36 Å². The van der Waals surface area contributed by atoms with Crippen LogP contribution < -0.4 is 24.4 Å². The van der Waals surface area contributed by atoms with Crippen LogP contribution >= 0.6 is 22.9 Å². The number of rotatable bonds is 10. The molecule has 0 spiro atoms. The summed E-state index contributed by atoms with van der Waals surface area (Å²) < 4.78 is 23.7. The van der Waals surface area contributed by atoms with Gasteiger partial charge < -0.3 is 18.9 Å². The van der Waals surface area contributed by atoms with Crippen molar-refractivity contribution in [2.75, 3.05) is 19.8 Å². The lowest BCUT2D eigenvalue weighted by Crippen LogP contribution is -2.40. The van der Waals surface area contributed by atoms with Crippen LogP contribution in [0.1, 0.15) is 51.8 Å². The van der Waals surface area contributed by atoms with Crippen LogP contribution in [0.15, 0.2) is 63.5 Å². The Bertz CT molecular complexity index is 1660. The van der Waals surface area contributed by atoms with E-state index in [1.807, 2.05) is 6.92 Å². The predicted octanol–water partition coefficient (Wildman–Crippen LogP) is 4.18. The third-order valence-corrected chi connectivity index (χ3v) is 7.22. The lowest BCUT2D eigenvalue weighted by molar-refractivity contribution is -0.145. The summed E-state index contributed by atoms with van der Waals surface area (Å²) in [4.78, 5) is 43.9. The van der Waals surface area contributed by atoms with Gasteiger partial charge >= 0.3 is 11.9 Å². The molecule has 0 aliphatic carbocycles. The Morgan fingerprint density at radius 1 is 1.07 bits per heavy atom. The highest BCUT2D eigenvalue weighted by Crippen LogP contribution is 2.32. The first-order valence-electron chi connectivity index (χ1n) is 13.2. The van der Waals surface area contributed by atoms with E-state index in [0.29, 0.717) is 54.9 Å². The van der Waals surface area contributed by atoms with Crippen molar-refractivity contribution in [3.05, 3.63) is 89.6 Å². The van der Waals surface area contributed by atoms with E-state index >= 15 is 0 Å². The Labute approximate surface area is 246 Å². The molecule has 1 atom stereocenters. The smallest absolute Gasteiger partial charge is 0.344 e. The number of allylic oxidation sites excluding steroid dienone is 1. The van der Waals surface area contributed by atoms with Gasteiger partial charge in [-0.25, -0.2) is 14.6 Å². The van der Waals surface area contributed by atoms with Crippen LogP contribution in [0.2, 0.25) is 5.02 Å². The van der Waals surface area contributed by atoms with Crippen molar-refractivity contribution >= 4 is 41.0 Å². The molecule has 1 aromatic heterocycles. The van der Waals surface area contributed by atoms with Crippen LogP contribution in [0.4, 0.5) is 0 Å². The normalized spacial score (nSPS) is 14.9. The average Bonchev–Trinajstić information content (AvgIpc) is 3.22. The summed E-state index contributed by atoms with van der Waals surface area (Å²) in [6.45, 7) is 9.21. The fourth-order valence-electron chi connectivity index (χ4n) is 4.31. The molecule has 0 bridgehead atoms. The first kappa shape index (κ1) is 30.1. The lowest BCUT2D eigenvalue weighted by atomic mass is 9.96. The summed E-state index contributed by atoms with van der Waals surface area (Å²) in [5.41, 5.74) is 1.85. The van der Waals surface area contributed by atoms with Gasteiger partial charge in [-0.05, 0) is 76.1 Å². The zero-order chi connectivity index (χ0) is 29.7. The van der Waals surface area contributed by atoms with Gasteiger partial charge in [0.1, 0.15) is 0 Å². The Hall–Kier alpha value is -3.89. The van der Waals surface area contributed by atoms with Crippen LogP contribution in [-0.2, 0) is 19.1 Å². The summed E-state index contributed by atoms with van der Waals surface area (Å²) in [5.74, 6) is -0.213. The zero-order valence-corrected chi connectivity index (χ0v) is 25.0. The summed E-state index contributed by atoms with van der Waals surface area (Å²) in [6.07, 6.45) is 1.38. The molecular formula is C30H31ClN2O7S. The Kier molecular flexibility index (Phi) is 9.67. The van der Waals surface area contributed by atoms with E-state index in [4.69, 9.17) is 30.5 Å². The Morgan fingerprint density at radius 2 is 1.80 bits per heavy atom. The third-order valence-electron chi connectivity index (χ3n) is 5.99. The number of esters is 2. The molecule has 2 heterocycles. The summed E-state index contributed by atoms with van der Waals surface area (Å²) in [5, 5.41) is 0.535. The van der Waals surface area contributed by atoms with Gasteiger partial charge in [0, 0.05) is 5.02 Å². The second kappa shape index (κ2) is 13.2. The van der Waals surface area contributed by atoms with Gasteiger partial charge in [-0.15, -0.1) is 0 Å². The second-order valence-corrected chi connectivity index (χ2v) is 10.8. The van der Waals surface area contributed by atoms with Gasteiger partial charge in [0.15, 0.2) is 22.9 Å². The number of fused-ring (bicyclic) bond motifs is 1. The molecule has 0 fully saturated rings. The van der Waals surface area contributed by atoms with Crippen molar-refractivity contribution in [2.45, 2.75) is 46.8 Å². The fourth-order valence-corrected chi connectivity index (χ4v) is 5.49. The number of hydrogen-bond donors (Lipinski definition) is 0. The van der Waals surface area contributed by atoms with Crippen LogP contribution in [0.3, 0.4) is 0 Å². The number of nitrogens with zero attached hydrogens (tertiary/aromatic N) is 2. The van der Waals surface area contributed by atoms with E-state index in [1.165, 1.54) is 15.9 Å². The highest BCUT2D eigenvalue weighted by molar-refractivity contribution is 7.07. The zero-order valence-electron chi connectivity index (χ0n) is 23.4. The van der Waals surface area contributed by atoms with Gasteiger partial charge in [0.25, 0.3) is 5.56 Å². The minimum atomic E-state index is -0.741. The second-order valence-electron chi connectivity index (χ2n) is 9.32. The van der Waals surface area contributed by atoms with E-state index < -0.39 is 18.0 Å². The molecule has 0 saturated heterocycles. The minimum absolute atomic E-state index is 0.252. The number of carbonyl (C=O) groups is 2. The molecule has 0 radical (unpaired) electrons. The average molecular weight is 599 g/mol. The molecule has 4 rings (SSSR count). The number of thiazole rings is 1. The SMILES string of the molecule is CCOC(=O)COc1ccc(C=c2sc3n(c2=O)C(c2ccc(Cl)cc2)C(C(=O)OC(C)C)=C(C)N=3)cc1OCC. The molecule has 1 aliphatic rings. The van der Waals surface area contributed by atoms with Crippen molar-refractivity contribution in [3.8, 4) is 11.5 Å². The van der Waals surface area contributed by atoms with Crippen molar-refractivity contribution in [1.29, 1.82) is 0 Å². The maximum absolute atomic E-state index is 13.9. The molecule has 41 heavy (non-hydrogen) atoms. The third kappa shape index (κ3) is 6.89. The molecule has 0 N–H and O–H groups in total. The molecule has 216 valence electrons. The standard InChI is InChI=1S/C30H31ClN2O7S/c1-6-37-23-14-19(8-13-22(23)39-16-25(34)38-7-2)15-24-28(35)33-27(20-9-11-21(31)12-10-20)26(29(36)40-17(3)4)18(5)32-30(33)41-24/h8-15,17,27H,6-7,16H2,1-5H3. The first-order valence-corrected chi connectivity index (χ1v) is 14.4. The number of hydrogen-bond acceptors (Lipinski definition) is 9. The maximum atomic E-state index is 13.9. The van der Waals surface area contributed by atoms with Crippen molar-refractivity contribution in [3.63, 3.8) is 0 Å². The quantitative estimate of drug-likeness (QED) is 0.322. The van der Waals surface area contributed by atoms with Crippen molar-refractivity contribution in [1.82, 2.24) is 4.57 Å². The van der Waals surface area contributed by atoms with Crippen LogP contribution in [-0.4, -0.2) is 42.4 Å². The molecule has 0 amide bonds. The monoisotopic (exact) mass is 598 g/mol. The predicted molar refractivity (Wildman–Crippen MR) is 156 cm³/mol. The molecule has 1 unspecified atom stereocenters. The number of aromatic nitrogens is 1.